The van der Waals surface area contributed by atoms with Gasteiger partial charge in [-0.1, -0.05) is 42.1 Å². The molecule has 2 nitrogen and oxygen atoms in total. The highest BCUT2D eigenvalue weighted by molar-refractivity contribution is 8.15. The highest BCUT2D eigenvalue weighted by Gasteiger charge is 2.42. The average Bonchev–Trinajstić information content (AvgIpc) is 2.72. The Kier molecular flexibility index (Phi) is 2.86. The molecule has 0 aliphatic carbocycles. The molecule has 0 bridgehead atoms. The Morgan fingerprint density at radius 3 is 2.53 bits per heavy atom. The molecule has 1 heterocycles. The summed E-state index contributed by atoms with van der Waals surface area (Å²) in [7, 11) is 1.64. The third-order valence-electron chi connectivity index (χ3n) is 3.58. The fraction of sp³-hybridized carbons (Fsp3) is 0.188. The van der Waals surface area contributed by atoms with Gasteiger partial charge in [0.2, 0.25) is 5.12 Å². The van der Waals surface area contributed by atoms with Gasteiger partial charge in [0.15, 0.2) is 0 Å². The van der Waals surface area contributed by atoms with Gasteiger partial charge in [0.1, 0.15) is 5.75 Å². The molecule has 19 heavy (non-hydrogen) atoms. The minimum atomic E-state index is -0.331. The van der Waals surface area contributed by atoms with E-state index in [2.05, 4.69) is 19.1 Å². The predicted octanol–water partition coefficient (Wildman–Crippen LogP) is 3.85. The first-order valence-electron chi connectivity index (χ1n) is 6.12. The SMILES string of the molecule is COc1ccc2c(c1)C(C)(c1ccccc1)SC2=O. The van der Waals surface area contributed by atoms with Crippen LogP contribution >= 0.6 is 11.8 Å². The standard InChI is InChI=1S/C16H14O2S/c1-16(11-6-4-3-5-7-11)14-10-12(18-2)8-9-13(14)15(17)19-16/h3-10H,1-2H3. The van der Waals surface area contributed by atoms with Gasteiger partial charge >= 0.3 is 0 Å². The van der Waals surface area contributed by atoms with Crippen molar-refractivity contribution in [3.05, 3.63) is 65.2 Å². The molecular weight excluding hydrogens is 256 g/mol. The van der Waals surface area contributed by atoms with Crippen molar-refractivity contribution in [2.75, 3.05) is 7.11 Å². The molecule has 0 saturated carbocycles. The van der Waals surface area contributed by atoms with Crippen molar-refractivity contribution in [2.24, 2.45) is 0 Å². The first-order chi connectivity index (χ1) is 9.15. The molecule has 0 radical (unpaired) electrons. The van der Waals surface area contributed by atoms with Crippen LogP contribution in [0.5, 0.6) is 5.75 Å². The molecule has 0 fully saturated rings. The summed E-state index contributed by atoms with van der Waals surface area (Å²) in [6.07, 6.45) is 0. The van der Waals surface area contributed by atoms with E-state index >= 15 is 0 Å². The van der Waals surface area contributed by atoms with Crippen LogP contribution in [0.25, 0.3) is 0 Å². The van der Waals surface area contributed by atoms with Crippen LogP contribution in [0.4, 0.5) is 0 Å². The van der Waals surface area contributed by atoms with E-state index in [1.165, 1.54) is 11.8 Å². The molecule has 3 rings (SSSR count). The molecule has 3 heteroatoms. The number of hydrogen-bond donors (Lipinski definition) is 0. The molecule has 0 amide bonds. The van der Waals surface area contributed by atoms with Gasteiger partial charge in [-0.15, -0.1) is 0 Å². The van der Waals surface area contributed by atoms with Gasteiger partial charge in [0.25, 0.3) is 0 Å². The number of thioether (sulfide) groups is 1. The number of rotatable bonds is 2. The van der Waals surface area contributed by atoms with E-state index in [1.807, 2.05) is 36.4 Å². The van der Waals surface area contributed by atoms with Crippen molar-refractivity contribution in [1.29, 1.82) is 0 Å². The molecule has 0 spiro atoms. The largest absolute Gasteiger partial charge is 0.497 e. The van der Waals surface area contributed by atoms with E-state index in [0.717, 1.165) is 22.4 Å². The Balaban J connectivity index is 2.20. The second-order valence-corrected chi connectivity index (χ2v) is 6.09. The van der Waals surface area contributed by atoms with E-state index < -0.39 is 0 Å². The molecule has 2 aromatic rings. The zero-order valence-electron chi connectivity index (χ0n) is 10.8. The molecule has 1 aliphatic rings. The summed E-state index contributed by atoms with van der Waals surface area (Å²) in [4.78, 5) is 12.2. The number of methoxy groups -OCH3 is 1. The minimum absolute atomic E-state index is 0.129. The van der Waals surface area contributed by atoms with E-state index in [0.29, 0.717) is 0 Å². The topological polar surface area (TPSA) is 26.3 Å². The summed E-state index contributed by atoms with van der Waals surface area (Å²) >= 11 is 1.37. The Bertz CT molecular complexity index is 636. The van der Waals surface area contributed by atoms with E-state index in [9.17, 15) is 4.79 Å². The van der Waals surface area contributed by atoms with Crippen molar-refractivity contribution in [3.8, 4) is 5.75 Å². The predicted molar refractivity (Wildman–Crippen MR) is 77.8 cm³/mol. The number of carbonyl (C=O) groups excluding carboxylic acids is 1. The maximum atomic E-state index is 12.2. The van der Waals surface area contributed by atoms with E-state index in [-0.39, 0.29) is 9.86 Å². The smallest absolute Gasteiger partial charge is 0.220 e. The van der Waals surface area contributed by atoms with Crippen molar-refractivity contribution >= 4 is 16.9 Å². The summed E-state index contributed by atoms with van der Waals surface area (Å²) < 4.78 is 4.95. The van der Waals surface area contributed by atoms with E-state index in [4.69, 9.17) is 4.74 Å². The van der Waals surface area contributed by atoms with Gasteiger partial charge in [0.05, 0.1) is 11.9 Å². The second-order valence-electron chi connectivity index (χ2n) is 4.70. The van der Waals surface area contributed by atoms with Crippen molar-refractivity contribution in [1.82, 2.24) is 0 Å². The number of hydrogen-bond acceptors (Lipinski definition) is 3. The summed E-state index contributed by atoms with van der Waals surface area (Å²) in [5, 5.41) is 0.129. The summed E-state index contributed by atoms with van der Waals surface area (Å²) in [6.45, 7) is 2.09. The zero-order valence-corrected chi connectivity index (χ0v) is 11.7. The lowest BCUT2D eigenvalue weighted by atomic mass is 9.89. The van der Waals surface area contributed by atoms with Crippen LogP contribution in [-0.4, -0.2) is 12.2 Å². The lowest BCUT2D eigenvalue weighted by molar-refractivity contribution is 0.109. The summed E-state index contributed by atoms with van der Waals surface area (Å²) in [5.41, 5.74) is 2.96. The van der Waals surface area contributed by atoms with Crippen LogP contribution in [0, 0.1) is 0 Å². The minimum Gasteiger partial charge on any atom is -0.497 e. The van der Waals surface area contributed by atoms with Gasteiger partial charge in [-0.3, -0.25) is 4.79 Å². The number of ether oxygens (including phenoxy) is 1. The van der Waals surface area contributed by atoms with Crippen molar-refractivity contribution in [2.45, 2.75) is 11.7 Å². The lowest BCUT2D eigenvalue weighted by Crippen LogP contribution is -2.16. The Morgan fingerprint density at radius 2 is 1.84 bits per heavy atom. The first-order valence-corrected chi connectivity index (χ1v) is 6.94. The maximum Gasteiger partial charge on any atom is 0.220 e. The Hall–Kier alpha value is -1.74. The highest BCUT2D eigenvalue weighted by atomic mass is 32.2. The van der Waals surface area contributed by atoms with E-state index in [1.54, 1.807) is 7.11 Å². The molecular formula is C16H14O2S. The van der Waals surface area contributed by atoms with Crippen LogP contribution in [0.3, 0.4) is 0 Å². The fourth-order valence-corrected chi connectivity index (χ4v) is 3.68. The quantitative estimate of drug-likeness (QED) is 0.829. The van der Waals surface area contributed by atoms with Crippen LogP contribution in [0.1, 0.15) is 28.4 Å². The van der Waals surface area contributed by atoms with Crippen LogP contribution in [0.2, 0.25) is 0 Å². The van der Waals surface area contributed by atoms with Gasteiger partial charge in [-0.2, -0.15) is 0 Å². The average molecular weight is 270 g/mol. The maximum absolute atomic E-state index is 12.2. The molecule has 0 saturated heterocycles. The number of benzene rings is 2. The third kappa shape index (κ3) is 1.85. The molecule has 0 N–H and O–H groups in total. The molecule has 1 atom stereocenters. The monoisotopic (exact) mass is 270 g/mol. The Morgan fingerprint density at radius 1 is 1.11 bits per heavy atom. The number of fused-ring (bicyclic) bond motifs is 1. The normalized spacial score (nSPS) is 21.3. The van der Waals surface area contributed by atoms with Crippen LogP contribution in [-0.2, 0) is 4.75 Å². The number of carbonyl (C=O) groups is 1. The van der Waals surface area contributed by atoms with Gasteiger partial charge in [0, 0.05) is 5.56 Å². The van der Waals surface area contributed by atoms with Crippen LogP contribution in [0.15, 0.2) is 48.5 Å². The van der Waals surface area contributed by atoms with Crippen LogP contribution < -0.4 is 4.74 Å². The second kappa shape index (κ2) is 4.42. The first kappa shape index (κ1) is 12.3. The molecule has 1 aliphatic heterocycles. The van der Waals surface area contributed by atoms with Crippen molar-refractivity contribution in [3.63, 3.8) is 0 Å². The van der Waals surface area contributed by atoms with Gasteiger partial charge < -0.3 is 4.74 Å². The lowest BCUT2D eigenvalue weighted by Gasteiger charge is -2.24. The summed E-state index contributed by atoms with van der Waals surface area (Å²) in [6, 6.07) is 15.8. The highest BCUT2D eigenvalue weighted by Crippen LogP contribution is 2.51. The molecule has 1 unspecified atom stereocenters. The molecule has 96 valence electrons. The fourth-order valence-electron chi connectivity index (χ4n) is 2.49. The molecule has 0 aromatic heterocycles. The molecule has 2 aromatic carbocycles. The zero-order chi connectivity index (χ0) is 13.5. The van der Waals surface area contributed by atoms with Gasteiger partial charge in [-0.25, -0.2) is 0 Å². The third-order valence-corrected chi connectivity index (χ3v) is 4.85. The van der Waals surface area contributed by atoms with Gasteiger partial charge in [-0.05, 0) is 36.2 Å². The summed E-state index contributed by atoms with van der Waals surface area (Å²) in [5.74, 6) is 0.788. The van der Waals surface area contributed by atoms with Crippen molar-refractivity contribution < 1.29 is 9.53 Å². The Labute approximate surface area is 116 Å².